The molecule has 0 unspecified atom stereocenters. The number of alkyl halides is 2. The second-order valence-electron chi connectivity index (χ2n) is 4.72. The largest absolute Gasteiger partial charge is 0.382 e. The van der Waals surface area contributed by atoms with E-state index in [2.05, 4.69) is 63.0 Å². The van der Waals surface area contributed by atoms with Gasteiger partial charge in [-0.3, -0.25) is 0 Å². The number of hydrogen-bond donors (Lipinski definition) is 0. The lowest BCUT2D eigenvalue weighted by atomic mass is 9.80. The topological polar surface area (TPSA) is 9.23 Å². The molecule has 18 heavy (non-hydrogen) atoms. The molecule has 1 rings (SSSR count). The molecule has 0 aliphatic heterocycles. The summed E-state index contributed by atoms with van der Waals surface area (Å²) in [6.07, 6.45) is 2.23. The van der Waals surface area contributed by atoms with Gasteiger partial charge in [-0.05, 0) is 32.3 Å². The maximum Gasteiger partial charge on any atom is 0.0466 e. The highest BCUT2D eigenvalue weighted by Gasteiger charge is 2.29. The van der Waals surface area contributed by atoms with Gasteiger partial charge >= 0.3 is 0 Å². The van der Waals surface area contributed by atoms with E-state index in [1.807, 2.05) is 6.92 Å². The first-order chi connectivity index (χ1) is 8.68. The van der Waals surface area contributed by atoms with Crippen molar-refractivity contribution >= 4 is 31.9 Å². The molecular formula is C15H22Br2O. The van der Waals surface area contributed by atoms with E-state index in [9.17, 15) is 0 Å². The Morgan fingerprint density at radius 1 is 1.22 bits per heavy atom. The van der Waals surface area contributed by atoms with Gasteiger partial charge < -0.3 is 4.74 Å². The van der Waals surface area contributed by atoms with Crippen LogP contribution in [0.25, 0.3) is 0 Å². The zero-order chi connectivity index (χ0) is 13.4. The number of benzene rings is 1. The molecule has 0 atom stereocenters. The molecule has 0 amide bonds. The molecule has 3 heteroatoms. The van der Waals surface area contributed by atoms with Crippen LogP contribution in [0.4, 0.5) is 0 Å². The van der Waals surface area contributed by atoms with Gasteiger partial charge in [-0.2, -0.15) is 0 Å². The summed E-state index contributed by atoms with van der Waals surface area (Å²) in [6, 6.07) is 8.82. The van der Waals surface area contributed by atoms with Crippen LogP contribution in [0.2, 0.25) is 0 Å². The fourth-order valence-electron chi connectivity index (χ4n) is 2.10. The second-order valence-corrected chi connectivity index (χ2v) is 5.84. The van der Waals surface area contributed by atoms with Gasteiger partial charge in [-0.1, -0.05) is 61.7 Å². The molecule has 1 nitrogen and oxygen atoms in total. The van der Waals surface area contributed by atoms with Crippen molar-refractivity contribution in [2.45, 2.75) is 32.1 Å². The normalized spacial score (nSPS) is 11.8. The second kappa shape index (κ2) is 8.34. The monoisotopic (exact) mass is 376 g/mol. The molecule has 0 aliphatic rings. The third-order valence-electron chi connectivity index (χ3n) is 3.29. The summed E-state index contributed by atoms with van der Waals surface area (Å²) >= 11 is 7.39. The van der Waals surface area contributed by atoms with Crippen LogP contribution in [-0.2, 0) is 10.2 Å². The number of aryl methyl sites for hydroxylation is 1. The van der Waals surface area contributed by atoms with Gasteiger partial charge in [-0.15, -0.1) is 0 Å². The number of rotatable bonds is 8. The van der Waals surface area contributed by atoms with E-state index >= 15 is 0 Å². The van der Waals surface area contributed by atoms with E-state index in [1.165, 1.54) is 11.1 Å². The predicted molar refractivity (Wildman–Crippen MR) is 86.2 cm³/mol. The number of halogens is 2. The Labute approximate surface area is 128 Å². The van der Waals surface area contributed by atoms with Crippen molar-refractivity contribution in [3.05, 3.63) is 35.4 Å². The van der Waals surface area contributed by atoms with E-state index in [0.717, 1.165) is 36.7 Å². The summed E-state index contributed by atoms with van der Waals surface area (Å²) in [6.45, 7) is 5.85. The highest BCUT2D eigenvalue weighted by atomic mass is 79.9. The Balaban J connectivity index is 2.79. The summed E-state index contributed by atoms with van der Waals surface area (Å²) in [4.78, 5) is 0. The molecule has 0 bridgehead atoms. The number of hydrogen-bond acceptors (Lipinski definition) is 1. The van der Waals surface area contributed by atoms with Crippen LogP contribution in [0, 0.1) is 6.92 Å². The molecule has 0 saturated heterocycles. The minimum absolute atomic E-state index is 0.170. The van der Waals surface area contributed by atoms with Gasteiger partial charge in [0, 0.05) is 29.3 Å². The molecule has 1 aromatic carbocycles. The van der Waals surface area contributed by atoms with Gasteiger partial charge in [0.05, 0.1) is 0 Å². The van der Waals surface area contributed by atoms with Crippen molar-refractivity contribution in [3.8, 4) is 0 Å². The van der Waals surface area contributed by atoms with Crippen LogP contribution in [0.5, 0.6) is 0 Å². The first kappa shape index (κ1) is 16.2. The Kier molecular flexibility index (Phi) is 7.50. The summed E-state index contributed by atoms with van der Waals surface area (Å²) in [7, 11) is 0. The molecule has 0 radical (unpaired) electrons. The lowest BCUT2D eigenvalue weighted by molar-refractivity contribution is 0.139. The molecule has 1 aromatic rings. The third-order valence-corrected chi connectivity index (χ3v) is 5.44. The Morgan fingerprint density at radius 2 is 1.94 bits per heavy atom. The lowest BCUT2D eigenvalue weighted by Crippen LogP contribution is -2.30. The fraction of sp³-hybridized carbons (Fsp3) is 0.600. The molecule has 0 aromatic heterocycles. The van der Waals surface area contributed by atoms with Gasteiger partial charge in [0.25, 0.3) is 0 Å². The van der Waals surface area contributed by atoms with Gasteiger partial charge in [0.1, 0.15) is 0 Å². The summed E-state index contributed by atoms with van der Waals surface area (Å²) in [5.74, 6) is 0. The average Bonchev–Trinajstić information content (AvgIpc) is 2.40. The van der Waals surface area contributed by atoms with Crippen LogP contribution >= 0.6 is 31.9 Å². The van der Waals surface area contributed by atoms with Crippen molar-refractivity contribution in [3.63, 3.8) is 0 Å². The predicted octanol–water partition coefficient (Wildman–Crippen LogP) is 4.84. The fourth-order valence-corrected chi connectivity index (χ4v) is 4.24. The maximum absolute atomic E-state index is 5.45. The molecule has 0 aliphatic carbocycles. The van der Waals surface area contributed by atoms with Crippen LogP contribution in [0.1, 0.15) is 30.9 Å². The van der Waals surface area contributed by atoms with E-state index in [1.54, 1.807) is 0 Å². The highest BCUT2D eigenvalue weighted by Crippen LogP contribution is 2.34. The third kappa shape index (κ3) is 4.36. The van der Waals surface area contributed by atoms with Crippen molar-refractivity contribution in [1.29, 1.82) is 0 Å². The molecular weight excluding hydrogens is 356 g/mol. The molecule has 0 N–H and O–H groups in total. The zero-order valence-corrected chi connectivity index (χ0v) is 14.4. The van der Waals surface area contributed by atoms with E-state index < -0.39 is 0 Å². The van der Waals surface area contributed by atoms with Crippen molar-refractivity contribution in [2.24, 2.45) is 0 Å². The highest BCUT2D eigenvalue weighted by molar-refractivity contribution is 9.09. The van der Waals surface area contributed by atoms with Crippen molar-refractivity contribution < 1.29 is 4.74 Å². The van der Waals surface area contributed by atoms with E-state index in [4.69, 9.17) is 4.74 Å². The zero-order valence-electron chi connectivity index (χ0n) is 11.2. The standard InChI is InChI=1S/C15H22Br2O/c1-3-18-9-5-8-15(11-16,12-17)14-7-4-6-13(2)10-14/h4,6-7,10H,3,5,8-9,11-12H2,1-2H3. The van der Waals surface area contributed by atoms with Gasteiger partial charge in [0.15, 0.2) is 0 Å². The number of ether oxygens (including phenoxy) is 1. The summed E-state index contributed by atoms with van der Waals surface area (Å²) in [5.41, 5.74) is 2.90. The van der Waals surface area contributed by atoms with Crippen LogP contribution in [0.3, 0.4) is 0 Å². The van der Waals surface area contributed by atoms with E-state index in [0.29, 0.717) is 0 Å². The Morgan fingerprint density at radius 3 is 2.50 bits per heavy atom. The molecule has 0 fully saturated rings. The van der Waals surface area contributed by atoms with Crippen LogP contribution in [0.15, 0.2) is 24.3 Å². The summed E-state index contributed by atoms with van der Waals surface area (Å²) in [5, 5.41) is 1.95. The molecule has 0 saturated carbocycles. The molecule has 0 heterocycles. The van der Waals surface area contributed by atoms with Crippen molar-refractivity contribution in [2.75, 3.05) is 23.9 Å². The SMILES string of the molecule is CCOCCCC(CBr)(CBr)c1cccc(C)c1. The molecule has 102 valence electrons. The van der Waals surface area contributed by atoms with Crippen LogP contribution in [-0.4, -0.2) is 23.9 Å². The minimum Gasteiger partial charge on any atom is -0.382 e. The van der Waals surface area contributed by atoms with Crippen LogP contribution < -0.4 is 0 Å². The van der Waals surface area contributed by atoms with Gasteiger partial charge in [0.2, 0.25) is 0 Å². The quantitative estimate of drug-likeness (QED) is 0.465. The minimum atomic E-state index is 0.170. The maximum atomic E-state index is 5.45. The smallest absolute Gasteiger partial charge is 0.0466 e. The lowest BCUT2D eigenvalue weighted by Gasteiger charge is -2.31. The molecule has 0 spiro atoms. The Hall–Kier alpha value is 0.140. The van der Waals surface area contributed by atoms with E-state index in [-0.39, 0.29) is 5.41 Å². The first-order valence-corrected chi connectivity index (χ1v) is 8.69. The first-order valence-electron chi connectivity index (χ1n) is 6.45. The Bertz CT molecular complexity index is 348. The van der Waals surface area contributed by atoms with Gasteiger partial charge in [-0.25, -0.2) is 0 Å². The average molecular weight is 378 g/mol. The summed E-state index contributed by atoms with van der Waals surface area (Å²) < 4.78 is 5.45. The van der Waals surface area contributed by atoms with Crippen molar-refractivity contribution in [1.82, 2.24) is 0 Å².